The maximum Gasteiger partial charge on any atom is 0.216 e. The van der Waals surface area contributed by atoms with E-state index in [1.165, 1.54) is 11.1 Å². The lowest BCUT2D eigenvalue weighted by Crippen LogP contribution is -2.30. The maximum absolute atomic E-state index is 15.4. The highest BCUT2D eigenvalue weighted by Crippen LogP contribution is 2.43. The Morgan fingerprint density at radius 1 is 0.875 bits per heavy atom. The van der Waals surface area contributed by atoms with Gasteiger partial charge in [-0.05, 0) is 54.4 Å². The summed E-state index contributed by atoms with van der Waals surface area (Å²) < 4.78 is 24.0. The molecule has 4 heteroatoms. The highest BCUT2D eigenvalue weighted by atomic mass is 19.1. The van der Waals surface area contributed by atoms with Crippen LogP contribution in [0.1, 0.15) is 16.7 Å². The summed E-state index contributed by atoms with van der Waals surface area (Å²) in [7, 11) is 4.13. The van der Waals surface area contributed by atoms with Crippen LogP contribution in [0, 0.1) is 12.7 Å². The largest absolute Gasteiger partial charge is 0.454 e. The zero-order valence-electron chi connectivity index (χ0n) is 18.4. The van der Waals surface area contributed by atoms with Gasteiger partial charge in [0.1, 0.15) is 24.0 Å². The van der Waals surface area contributed by atoms with E-state index >= 15 is 4.39 Å². The van der Waals surface area contributed by atoms with E-state index in [0.717, 1.165) is 51.8 Å². The summed E-state index contributed by atoms with van der Waals surface area (Å²) in [5, 5.41) is 1.95. The average molecular weight is 424 g/mol. The molecule has 0 atom stereocenters. The number of fused-ring (bicyclic) bond motifs is 4. The van der Waals surface area contributed by atoms with Gasteiger partial charge >= 0.3 is 0 Å². The van der Waals surface area contributed by atoms with Crippen molar-refractivity contribution in [1.29, 1.82) is 0 Å². The zero-order valence-corrected chi connectivity index (χ0v) is 18.4. The van der Waals surface area contributed by atoms with Crippen molar-refractivity contribution in [3.05, 3.63) is 89.4 Å². The third kappa shape index (κ3) is 2.73. The molecule has 0 spiro atoms. The topological polar surface area (TPSA) is 20.3 Å². The maximum atomic E-state index is 15.4. The Kier molecular flexibility index (Phi) is 4.21. The van der Waals surface area contributed by atoms with Gasteiger partial charge in [-0.15, -0.1) is 0 Å². The lowest BCUT2D eigenvalue weighted by Gasteiger charge is -2.10. The molecule has 5 aromatic rings. The summed E-state index contributed by atoms with van der Waals surface area (Å²) in [4.78, 5) is 2.25. The van der Waals surface area contributed by atoms with Crippen LogP contribution in [0.2, 0.25) is 0 Å². The molecule has 0 saturated heterocycles. The Bertz CT molecular complexity index is 1530. The fraction of sp³-hybridized carbons (Fsp3) is 0.179. The van der Waals surface area contributed by atoms with Crippen molar-refractivity contribution in [3.63, 3.8) is 0 Å². The number of halogens is 1. The summed E-state index contributed by atoms with van der Waals surface area (Å²) in [6, 6.07) is 20.0. The summed E-state index contributed by atoms with van der Waals surface area (Å²) in [5.74, 6) is -0.247. The van der Waals surface area contributed by atoms with E-state index in [2.05, 4.69) is 47.7 Å². The molecule has 32 heavy (non-hydrogen) atoms. The van der Waals surface area contributed by atoms with Crippen LogP contribution in [0.4, 0.5) is 4.39 Å². The Hall–Kier alpha value is -3.50. The van der Waals surface area contributed by atoms with Crippen molar-refractivity contribution < 1.29 is 13.4 Å². The van der Waals surface area contributed by atoms with Gasteiger partial charge in [0.05, 0.1) is 11.1 Å². The van der Waals surface area contributed by atoms with Gasteiger partial charge in [-0.3, -0.25) is 4.90 Å². The van der Waals surface area contributed by atoms with Crippen LogP contribution >= 0.6 is 0 Å². The van der Waals surface area contributed by atoms with E-state index in [0.29, 0.717) is 11.1 Å². The molecule has 0 fully saturated rings. The van der Waals surface area contributed by atoms with E-state index in [-0.39, 0.29) is 5.82 Å². The van der Waals surface area contributed by atoms with Crippen LogP contribution in [0.25, 0.3) is 44.3 Å². The fourth-order valence-electron chi connectivity index (χ4n) is 5.15. The molecule has 3 aromatic carbocycles. The Morgan fingerprint density at radius 2 is 1.66 bits per heavy atom. The van der Waals surface area contributed by atoms with Gasteiger partial charge in [0, 0.05) is 36.0 Å². The molecule has 0 bridgehead atoms. The smallest absolute Gasteiger partial charge is 0.216 e. The normalized spacial score (nSPS) is 13.9. The Labute approximate surface area is 186 Å². The predicted octanol–water partition coefficient (Wildman–Crippen LogP) is 6.14. The first-order chi connectivity index (χ1) is 15.5. The zero-order chi connectivity index (χ0) is 22.0. The van der Waals surface area contributed by atoms with Gasteiger partial charge in [-0.2, -0.15) is 0 Å². The number of hydrogen-bond acceptors (Lipinski definition) is 2. The molecule has 6 rings (SSSR count). The SMILES string of the molecule is Cc1ccc2c(oc3c(-c4cccc5c4CN(C)C5)c(F)ccc32)c1-c1cccc[n+]1C. The van der Waals surface area contributed by atoms with E-state index in [9.17, 15) is 0 Å². The second kappa shape index (κ2) is 7.01. The van der Waals surface area contributed by atoms with Crippen molar-refractivity contribution in [3.8, 4) is 22.4 Å². The van der Waals surface area contributed by atoms with Gasteiger partial charge in [-0.1, -0.05) is 30.3 Å². The van der Waals surface area contributed by atoms with Gasteiger partial charge in [0.15, 0.2) is 6.20 Å². The highest BCUT2D eigenvalue weighted by Gasteiger charge is 2.26. The van der Waals surface area contributed by atoms with Crippen LogP contribution < -0.4 is 4.57 Å². The molecule has 1 aliphatic heterocycles. The molecule has 158 valence electrons. The minimum atomic E-state index is -0.247. The predicted molar refractivity (Wildman–Crippen MR) is 126 cm³/mol. The molecular weight excluding hydrogens is 399 g/mol. The molecule has 3 heterocycles. The summed E-state index contributed by atoms with van der Waals surface area (Å²) >= 11 is 0. The second-order valence-corrected chi connectivity index (χ2v) is 8.85. The van der Waals surface area contributed by atoms with Crippen molar-refractivity contribution in [1.82, 2.24) is 4.90 Å². The van der Waals surface area contributed by atoms with Gasteiger partial charge < -0.3 is 4.42 Å². The first-order valence-corrected chi connectivity index (χ1v) is 10.9. The number of aryl methyl sites for hydroxylation is 2. The fourth-order valence-corrected chi connectivity index (χ4v) is 5.15. The lowest BCUT2D eigenvalue weighted by molar-refractivity contribution is -0.660. The molecule has 0 saturated carbocycles. The quantitative estimate of drug-likeness (QED) is 0.318. The van der Waals surface area contributed by atoms with E-state index in [4.69, 9.17) is 4.42 Å². The molecule has 0 amide bonds. The average Bonchev–Trinajstić information content (AvgIpc) is 3.34. The number of rotatable bonds is 2. The third-order valence-corrected chi connectivity index (χ3v) is 6.69. The minimum absolute atomic E-state index is 0.247. The lowest BCUT2D eigenvalue weighted by atomic mass is 9.94. The van der Waals surface area contributed by atoms with Crippen LogP contribution in [-0.4, -0.2) is 11.9 Å². The monoisotopic (exact) mass is 423 g/mol. The van der Waals surface area contributed by atoms with Crippen molar-refractivity contribution in [2.45, 2.75) is 20.0 Å². The molecule has 0 unspecified atom stereocenters. The Balaban J connectivity index is 1.70. The third-order valence-electron chi connectivity index (χ3n) is 6.69. The van der Waals surface area contributed by atoms with Crippen molar-refractivity contribution in [2.75, 3.05) is 7.05 Å². The van der Waals surface area contributed by atoms with E-state index in [1.54, 1.807) is 6.07 Å². The standard InChI is InChI=1S/C28H24FN2O/c1-17-10-11-20-21-12-13-23(29)26(19-8-6-7-18-15-30(2)16-22(18)19)28(21)32-27(20)25(17)24-9-4-5-14-31(24)3/h4-14H,15-16H2,1-3H3/q+1. The van der Waals surface area contributed by atoms with Gasteiger partial charge in [0.2, 0.25) is 5.69 Å². The highest BCUT2D eigenvalue weighted by molar-refractivity contribution is 6.13. The summed E-state index contributed by atoms with van der Waals surface area (Å²) in [6.45, 7) is 3.79. The second-order valence-electron chi connectivity index (χ2n) is 8.85. The summed E-state index contributed by atoms with van der Waals surface area (Å²) in [5.41, 5.74) is 8.60. The number of aromatic nitrogens is 1. The summed E-state index contributed by atoms with van der Waals surface area (Å²) in [6.07, 6.45) is 2.03. The van der Waals surface area contributed by atoms with Crippen LogP contribution in [0.3, 0.4) is 0 Å². The molecular formula is C28H24FN2O+. The van der Waals surface area contributed by atoms with Crippen molar-refractivity contribution >= 4 is 21.9 Å². The molecule has 0 aliphatic carbocycles. The molecule has 2 aromatic heterocycles. The minimum Gasteiger partial charge on any atom is -0.454 e. The first-order valence-electron chi connectivity index (χ1n) is 10.9. The first kappa shape index (κ1) is 19.2. The van der Waals surface area contributed by atoms with Gasteiger partial charge in [0.25, 0.3) is 0 Å². The van der Waals surface area contributed by atoms with E-state index in [1.807, 2.05) is 43.6 Å². The Morgan fingerprint density at radius 3 is 2.47 bits per heavy atom. The molecule has 1 aliphatic rings. The molecule has 0 N–H and O–H groups in total. The number of hydrogen-bond donors (Lipinski definition) is 0. The van der Waals surface area contributed by atoms with Crippen molar-refractivity contribution in [2.24, 2.45) is 7.05 Å². The van der Waals surface area contributed by atoms with Crippen LogP contribution in [0.15, 0.2) is 71.3 Å². The molecule has 0 radical (unpaired) electrons. The van der Waals surface area contributed by atoms with Crippen LogP contribution in [-0.2, 0) is 20.1 Å². The van der Waals surface area contributed by atoms with Crippen LogP contribution in [0.5, 0.6) is 0 Å². The number of furan rings is 1. The number of benzene rings is 3. The number of nitrogens with zero attached hydrogens (tertiary/aromatic N) is 2. The van der Waals surface area contributed by atoms with E-state index < -0.39 is 0 Å². The number of pyridine rings is 1. The molecule has 3 nitrogen and oxygen atoms in total. The van der Waals surface area contributed by atoms with Gasteiger partial charge in [-0.25, -0.2) is 8.96 Å².